The van der Waals surface area contributed by atoms with Gasteiger partial charge in [0.05, 0.1) is 5.73 Å². The van der Waals surface area contributed by atoms with Gasteiger partial charge in [0.2, 0.25) is 0 Å². The molecule has 0 amide bonds. The second-order valence-corrected chi connectivity index (χ2v) is 11.1. The lowest BCUT2D eigenvalue weighted by Crippen LogP contribution is -2.65. The first-order valence-corrected chi connectivity index (χ1v) is 12.0. The minimum Gasteiger partial charge on any atom is -0.356 e. The van der Waals surface area contributed by atoms with Gasteiger partial charge in [-0.1, -0.05) is 104 Å². The van der Waals surface area contributed by atoms with Crippen molar-refractivity contribution in [2.24, 2.45) is 0 Å². The monoisotopic (exact) mass is 356 g/mol. The topological polar surface area (TPSA) is 18.5 Å². The van der Waals surface area contributed by atoms with E-state index in [0.717, 1.165) is 6.42 Å². The molecule has 2 aromatic carbocycles. The largest absolute Gasteiger partial charge is 0.356 e. The van der Waals surface area contributed by atoms with Crippen LogP contribution in [0.2, 0.25) is 6.55 Å². The quantitative estimate of drug-likeness (QED) is 0.357. The van der Waals surface area contributed by atoms with Crippen LogP contribution < -0.4 is 10.4 Å². The van der Waals surface area contributed by atoms with Crippen LogP contribution in [0.4, 0.5) is 0 Å². The summed E-state index contributed by atoms with van der Waals surface area (Å²) in [6.45, 7) is 6.69. The Labute approximate surface area is 154 Å². The van der Waals surface area contributed by atoms with Crippen LogP contribution in [0.25, 0.3) is 0 Å². The van der Waals surface area contributed by atoms with E-state index in [1.54, 1.807) is 7.11 Å². The van der Waals surface area contributed by atoms with E-state index in [-0.39, 0.29) is 12.0 Å². The Hall–Kier alpha value is -1.42. The molecule has 0 aliphatic rings. The summed E-state index contributed by atoms with van der Waals surface area (Å²) in [7, 11) is -0.342. The van der Waals surface area contributed by atoms with Crippen LogP contribution in [0.1, 0.15) is 39.5 Å². The number of ether oxygens (including phenoxy) is 2. The molecular formula is C22H32O2Si. The molecule has 3 heteroatoms. The van der Waals surface area contributed by atoms with Gasteiger partial charge in [0.25, 0.3) is 0 Å². The zero-order chi connectivity index (χ0) is 18.1. The van der Waals surface area contributed by atoms with E-state index in [1.807, 2.05) is 6.92 Å². The van der Waals surface area contributed by atoms with Crippen molar-refractivity contribution < 1.29 is 9.47 Å². The van der Waals surface area contributed by atoms with Crippen LogP contribution in [0.5, 0.6) is 0 Å². The Balaban J connectivity index is 2.45. The van der Waals surface area contributed by atoms with Gasteiger partial charge in [0.1, 0.15) is 8.07 Å². The Kier molecular flexibility index (Phi) is 7.88. The highest BCUT2D eigenvalue weighted by Gasteiger charge is 2.41. The molecule has 0 aliphatic heterocycles. The Bertz CT molecular complexity index is 560. The van der Waals surface area contributed by atoms with Crippen molar-refractivity contribution in [1.82, 2.24) is 0 Å². The Morgan fingerprint density at radius 2 is 1.40 bits per heavy atom. The fourth-order valence-electron chi connectivity index (χ4n) is 3.47. The van der Waals surface area contributed by atoms with Crippen LogP contribution in [0.15, 0.2) is 60.7 Å². The van der Waals surface area contributed by atoms with Crippen LogP contribution in [-0.2, 0) is 9.47 Å². The molecule has 2 rings (SSSR count). The molecule has 2 atom stereocenters. The molecule has 0 spiro atoms. The summed E-state index contributed by atoms with van der Waals surface area (Å²) in [5.74, 6) is 0. The molecule has 0 saturated carbocycles. The summed E-state index contributed by atoms with van der Waals surface area (Å²) in [5, 5.41) is 2.84. The van der Waals surface area contributed by atoms with Crippen molar-refractivity contribution in [3.05, 3.63) is 60.7 Å². The molecule has 0 aromatic heterocycles. The van der Waals surface area contributed by atoms with E-state index < -0.39 is 8.07 Å². The van der Waals surface area contributed by atoms with Gasteiger partial charge >= 0.3 is 0 Å². The summed E-state index contributed by atoms with van der Waals surface area (Å²) in [5.41, 5.74) is 0.193. The maximum Gasteiger partial charge on any atom is 0.154 e. The molecule has 2 nitrogen and oxygen atoms in total. The molecule has 136 valence electrons. The second kappa shape index (κ2) is 9.90. The van der Waals surface area contributed by atoms with E-state index in [0.29, 0.717) is 0 Å². The SMILES string of the molecule is CCCCC[C@@H](O[C@H](C)OC)[Si](C)(c1ccccc1)c1ccccc1. The highest BCUT2D eigenvalue weighted by molar-refractivity contribution is 7.02. The predicted octanol–water partition coefficient (Wildman–Crippen LogP) is 4.38. The highest BCUT2D eigenvalue weighted by Crippen LogP contribution is 2.21. The summed E-state index contributed by atoms with van der Waals surface area (Å²) < 4.78 is 11.9. The van der Waals surface area contributed by atoms with Crippen LogP contribution in [-0.4, -0.2) is 27.2 Å². The third kappa shape index (κ3) is 5.03. The van der Waals surface area contributed by atoms with E-state index in [1.165, 1.54) is 29.6 Å². The van der Waals surface area contributed by atoms with Crippen LogP contribution >= 0.6 is 0 Å². The lowest BCUT2D eigenvalue weighted by atomic mass is 10.2. The van der Waals surface area contributed by atoms with Gasteiger partial charge in [0, 0.05) is 7.11 Å². The van der Waals surface area contributed by atoms with Gasteiger partial charge in [-0.15, -0.1) is 0 Å². The standard InChI is InChI=1S/C22H32O2Si/c1-5-6-9-18-22(24-19(2)23-3)25(4,20-14-10-7-11-15-20)21-16-12-8-13-17-21/h7-8,10-17,19,22H,5-6,9,18H2,1-4H3/t19-,22+/m1/s1. The zero-order valence-corrected chi connectivity index (χ0v) is 17.1. The van der Waals surface area contributed by atoms with Crippen LogP contribution in [0.3, 0.4) is 0 Å². The molecule has 0 fully saturated rings. The summed E-state index contributed by atoms with van der Waals surface area (Å²) in [6.07, 6.45) is 4.55. The fourth-order valence-corrected chi connectivity index (χ4v) is 7.56. The van der Waals surface area contributed by atoms with Crippen molar-refractivity contribution in [1.29, 1.82) is 0 Å². The van der Waals surface area contributed by atoms with Crippen molar-refractivity contribution in [3.63, 3.8) is 0 Å². The predicted molar refractivity (Wildman–Crippen MR) is 109 cm³/mol. The summed E-state index contributed by atoms with van der Waals surface area (Å²) in [4.78, 5) is 0. The van der Waals surface area contributed by atoms with E-state index in [2.05, 4.69) is 74.1 Å². The number of unbranched alkanes of at least 4 members (excludes halogenated alkanes) is 2. The van der Waals surface area contributed by atoms with E-state index >= 15 is 0 Å². The zero-order valence-electron chi connectivity index (χ0n) is 16.1. The molecule has 2 aromatic rings. The number of hydrogen-bond acceptors (Lipinski definition) is 2. The van der Waals surface area contributed by atoms with Crippen molar-refractivity contribution in [2.45, 2.75) is 58.1 Å². The molecule has 0 unspecified atom stereocenters. The molecule has 0 bridgehead atoms. The first-order valence-electron chi connectivity index (χ1n) is 9.42. The molecule has 25 heavy (non-hydrogen) atoms. The maximum absolute atomic E-state index is 6.46. The number of rotatable bonds is 10. The molecule has 0 saturated heterocycles. The van der Waals surface area contributed by atoms with Gasteiger partial charge in [-0.05, 0) is 13.3 Å². The fraction of sp³-hybridized carbons (Fsp3) is 0.455. The normalized spacial score (nSPS) is 14.2. The van der Waals surface area contributed by atoms with Gasteiger partial charge in [-0.3, -0.25) is 0 Å². The van der Waals surface area contributed by atoms with Crippen LogP contribution in [0, 0.1) is 0 Å². The average molecular weight is 357 g/mol. The number of hydrogen-bond donors (Lipinski definition) is 0. The number of methoxy groups -OCH3 is 1. The Morgan fingerprint density at radius 1 is 0.880 bits per heavy atom. The van der Waals surface area contributed by atoms with Gasteiger partial charge in [0.15, 0.2) is 6.29 Å². The van der Waals surface area contributed by atoms with E-state index in [4.69, 9.17) is 9.47 Å². The minimum atomic E-state index is -2.06. The minimum absolute atomic E-state index is 0.189. The summed E-state index contributed by atoms with van der Waals surface area (Å²) >= 11 is 0. The lowest BCUT2D eigenvalue weighted by molar-refractivity contribution is -0.126. The van der Waals surface area contributed by atoms with Gasteiger partial charge < -0.3 is 9.47 Å². The second-order valence-electron chi connectivity index (χ2n) is 6.86. The third-order valence-electron chi connectivity index (χ3n) is 5.15. The Morgan fingerprint density at radius 3 is 1.84 bits per heavy atom. The first-order chi connectivity index (χ1) is 12.1. The molecular weight excluding hydrogens is 324 g/mol. The average Bonchev–Trinajstić information content (AvgIpc) is 2.68. The smallest absolute Gasteiger partial charge is 0.154 e. The molecule has 0 N–H and O–H groups in total. The number of benzene rings is 2. The molecule has 0 radical (unpaired) electrons. The maximum atomic E-state index is 6.46. The van der Waals surface area contributed by atoms with Crippen molar-refractivity contribution in [2.75, 3.05) is 7.11 Å². The van der Waals surface area contributed by atoms with Gasteiger partial charge in [-0.2, -0.15) is 0 Å². The lowest BCUT2D eigenvalue weighted by Gasteiger charge is -2.38. The van der Waals surface area contributed by atoms with Crippen molar-refractivity contribution in [3.8, 4) is 0 Å². The third-order valence-corrected chi connectivity index (χ3v) is 9.93. The van der Waals surface area contributed by atoms with Crippen molar-refractivity contribution >= 4 is 18.4 Å². The molecule has 0 heterocycles. The van der Waals surface area contributed by atoms with E-state index in [9.17, 15) is 0 Å². The first kappa shape index (κ1) is 19.9. The van der Waals surface area contributed by atoms with Gasteiger partial charge in [-0.25, -0.2) is 0 Å². The molecule has 0 aliphatic carbocycles. The highest BCUT2D eigenvalue weighted by atomic mass is 28.3. The summed E-state index contributed by atoms with van der Waals surface area (Å²) in [6, 6.07) is 21.8.